The number of benzene rings is 2. The lowest BCUT2D eigenvalue weighted by Gasteiger charge is -2.15. The average Bonchev–Trinajstić information content (AvgIpc) is 3.51. The smallest absolute Gasteiger partial charge is 0.146 e. The lowest BCUT2D eigenvalue weighted by molar-refractivity contribution is 0.481. The molecule has 0 atom stereocenters. The summed E-state index contributed by atoms with van der Waals surface area (Å²) in [5.74, 6) is 1.77. The maximum Gasteiger partial charge on any atom is 0.146 e. The van der Waals surface area contributed by atoms with Crippen LogP contribution in [0.15, 0.2) is 85.6 Å². The standard InChI is InChI=1S/C26H21N5O/c1-17(2)21-8-4-9-23-24(21)25-22(26-27-11-13-30(23)26)15-20(16-28-25)32-19-7-3-6-18(14-19)31-12-5-10-29-31/h3-17H,1-2H3. The van der Waals surface area contributed by atoms with Gasteiger partial charge in [-0.15, -0.1) is 0 Å². The van der Waals surface area contributed by atoms with E-state index in [-0.39, 0.29) is 0 Å². The minimum atomic E-state index is 0.380. The van der Waals surface area contributed by atoms with Crippen LogP contribution in [0.1, 0.15) is 25.3 Å². The minimum absolute atomic E-state index is 0.380. The van der Waals surface area contributed by atoms with Gasteiger partial charge in [0.2, 0.25) is 0 Å². The summed E-state index contributed by atoms with van der Waals surface area (Å²) < 4.78 is 10.1. The van der Waals surface area contributed by atoms with Gasteiger partial charge in [0.25, 0.3) is 0 Å². The maximum atomic E-state index is 6.20. The zero-order valence-electron chi connectivity index (χ0n) is 17.8. The number of aromatic nitrogens is 5. The maximum absolute atomic E-state index is 6.20. The molecule has 4 aromatic heterocycles. The van der Waals surface area contributed by atoms with Crippen LogP contribution >= 0.6 is 0 Å². The molecule has 6 rings (SSSR count). The van der Waals surface area contributed by atoms with E-state index in [0.717, 1.165) is 38.9 Å². The Hall–Kier alpha value is -4.19. The molecule has 0 aliphatic rings. The van der Waals surface area contributed by atoms with Gasteiger partial charge in [-0.2, -0.15) is 5.10 Å². The molecule has 0 unspecified atom stereocenters. The van der Waals surface area contributed by atoms with Gasteiger partial charge in [-0.25, -0.2) is 9.67 Å². The van der Waals surface area contributed by atoms with Crippen LogP contribution in [-0.2, 0) is 0 Å². The molecule has 0 saturated carbocycles. The van der Waals surface area contributed by atoms with Crippen molar-refractivity contribution in [1.29, 1.82) is 0 Å². The largest absolute Gasteiger partial charge is 0.456 e. The molecule has 6 heteroatoms. The lowest BCUT2D eigenvalue weighted by Crippen LogP contribution is -1.98. The van der Waals surface area contributed by atoms with Gasteiger partial charge in [0, 0.05) is 41.6 Å². The van der Waals surface area contributed by atoms with Gasteiger partial charge in [0.1, 0.15) is 17.1 Å². The SMILES string of the molecule is CC(C)c1cccc2c1c1ncc(Oc3cccc(-n4cccn4)c3)cc1c1nccn21. The van der Waals surface area contributed by atoms with Gasteiger partial charge in [-0.3, -0.25) is 9.38 Å². The van der Waals surface area contributed by atoms with Crippen molar-refractivity contribution in [3.05, 3.63) is 91.1 Å². The van der Waals surface area contributed by atoms with Crippen molar-refractivity contribution in [2.75, 3.05) is 0 Å². The van der Waals surface area contributed by atoms with Crippen LogP contribution in [0.5, 0.6) is 11.5 Å². The number of pyridine rings is 2. The summed E-state index contributed by atoms with van der Waals surface area (Å²) >= 11 is 0. The van der Waals surface area contributed by atoms with Crippen LogP contribution in [0.25, 0.3) is 33.1 Å². The Labute approximate surface area is 184 Å². The highest BCUT2D eigenvalue weighted by atomic mass is 16.5. The van der Waals surface area contributed by atoms with Gasteiger partial charge < -0.3 is 4.74 Å². The molecule has 6 nitrogen and oxygen atoms in total. The van der Waals surface area contributed by atoms with Gasteiger partial charge in [0.15, 0.2) is 0 Å². The Morgan fingerprint density at radius 1 is 0.875 bits per heavy atom. The minimum Gasteiger partial charge on any atom is -0.456 e. The van der Waals surface area contributed by atoms with E-state index >= 15 is 0 Å². The summed E-state index contributed by atoms with van der Waals surface area (Å²) in [6.45, 7) is 4.42. The number of hydrogen-bond acceptors (Lipinski definition) is 4. The first-order valence-corrected chi connectivity index (χ1v) is 10.6. The highest BCUT2D eigenvalue weighted by Crippen LogP contribution is 2.35. The van der Waals surface area contributed by atoms with Crippen LogP contribution in [0.2, 0.25) is 0 Å². The summed E-state index contributed by atoms with van der Waals surface area (Å²) in [6.07, 6.45) is 9.29. The van der Waals surface area contributed by atoms with E-state index in [0.29, 0.717) is 11.7 Å². The molecule has 156 valence electrons. The van der Waals surface area contributed by atoms with Crippen LogP contribution in [-0.4, -0.2) is 24.1 Å². The first-order valence-electron chi connectivity index (χ1n) is 10.6. The second-order valence-electron chi connectivity index (χ2n) is 8.13. The summed E-state index contributed by atoms with van der Waals surface area (Å²) in [5.41, 5.74) is 5.14. The van der Waals surface area contributed by atoms with Crippen molar-refractivity contribution in [2.45, 2.75) is 19.8 Å². The van der Waals surface area contributed by atoms with Gasteiger partial charge in [-0.05, 0) is 41.8 Å². The zero-order valence-corrected chi connectivity index (χ0v) is 17.8. The Balaban J connectivity index is 1.52. The van der Waals surface area contributed by atoms with Gasteiger partial charge >= 0.3 is 0 Å². The number of fused-ring (bicyclic) bond motifs is 6. The van der Waals surface area contributed by atoms with E-state index in [1.807, 2.05) is 55.0 Å². The summed E-state index contributed by atoms with van der Waals surface area (Å²) in [7, 11) is 0. The second-order valence-corrected chi connectivity index (χ2v) is 8.13. The molecular weight excluding hydrogens is 398 g/mol. The third-order valence-electron chi connectivity index (χ3n) is 5.76. The predicted octanol–water partition coefficient (Wildman–Crippen LogP) is 6.14. The molecule has 0 N–H and O–H groups in total. The highest BCUT2D eigenvalue weighted by Gasteiger charge is 2.16. The fraction of sp³-hybridized carbons (Fsp3) is 0.115. The molecule has 0 bridgehead atoms. The fourth-order valence-corrected chi connectivity index (χ4v) is 4.31. The number of rotatable bonds is 4. The van der Waals surface area contributed by atoms with Crippen molar-refractivity contribution < 1.29 is 4.74 Å². The first-order chi connectivity index (χ1) is 15.7. The van der Waals surface area contributed by atoms with E-state index in [1.165, 1.54) is 5.56 Å². The van der Waals surface area contributed by atoms with Crippen LogP contribution in [0.4, 0.5) is 0 Å². The lowest BCUT2D eigenvalue weighted by atomic mass is 9.96. The Kier molecular flexibility index (Phi) is 4.18. The molecule has 0 amide bonds. The van der Waals surface area contributed by atoms with Crippen molar-refractivity contribution >= 4 is 27.5 Å². The zero-order chi connectivity index (χ0) is 21.7. The quantitative estimate of drug-likeness (QED) is 0.322. The summed E-state index contributed by atoms with van der Waals surface area (Å²) in [5, 5.41) is 6.42. The number of imidazole rings is 1. The molecule has 0 aliphatic carbocycles. The monoisotopic (exact) mass is 419 g/mol. The summed E-state index contributed by atoms with van der Waals surface area (Å²) in [4.78, 5) is 9.48. The van der Waals surface area contributed by atoms with Crippen LogP contribution < -0.4 is 4.74 Å². The van der Waals surface area contributed by atoms with Crippen molar-refractivity contribution in [3.63, 3.8) is 0 Å². The molecule has 0 saturated heterocycles. The molecule has 0 spiro atoms. The summed E-state index contributed by atoms with van der Waals surface area (Å²) in [6, 6.07) is 18.2. The normalized spacial score (nSPS) is 11.7. The Morgan fingerprint density at radius 3 is 2.62 bits per heavy atom. The molecule has 32 heavy (non-hydrogen) atoms. The highest BCUT2D eigenvalue weighted by molar-refractivity contribution is 6.11. The van der Waals surface area contributed by atoms with Crippen molar-refractivity contribution in [1.82, 2.24) is 24.1 Å². The van der Waals surface area contributed by atoms with E-state index in [9.17, 15) is 0 Å². The Bertz CT molecular complexity index is 1580. The Morgan fingerprint density at radius 2 is 1.78 bits per heavy atom. The molecule has 0 aliphatic heterocycles. The van der Waals surface area contributed by atoms with E-state index in [2.05, 4.69) is 46.5 Å². The molecule has 2 aromatic carbocycles. The first kappa shape index (κ1) is 18.6. The third-order valence-corrected chi connectivity index (χ3v) is 5.76. The van der Waals surface area contributed by atoms with E-state index in [1.54, 1.807) is 17.1 Å². The van der Waals surface area contributed by atoms with Crippen LogP contribution in [0.3, 0.4) is 0 Å². The van der Waals surface area contributed by atoms with Gasteiger partial charge in [0.05, 0.1) is 22.9 Å². The van der Waals surface area contributed by atoms with Crippen LogP contribution in [0, 0.1) is 0 Å². The van der Waals surface area contributed by atoms with E-state index in [4.69, 9.17) is 9.72 Å². The number of ether oxygens (including phenoxy) is 1. The average molecular weight is 419 g/mol. The predicted molar refractivity (Wildman–Crippen MR) is 126 cm³/mol. The van der Waals surface area contributed by atoms with Gasteiger partial charge in [-0.1, -0.05) is 32.0 Å². The molecule has 4 heterocycles. The molecule has 0 radical (unpaired) electrons. The molecule has 0 fully saturated rings. The van der Waals surface area contributed by atoms with E-state index < -0.39 is 0 Å². The fourth-order valence-electron chi connectivity index (χ4n) is 4.31. The number of nitrogens with zero attached hydrogens (tertiary/aromatic N) is 5. The number of hydrogen-bond donors (Lipinski definition) is 0. The molecular formula is C26H21N5O. The molecule has 6 aromatic rings. The van der Waals surface area contributed by atoms with Crippen molar-refractivity contribution in [2.24, 2.45) is 0 Å². The second kappa shape index (κ2) is 7.20. The van der Waals surface area contributed by atoms with Crippen molar-refractivity contribution in [3.8, 4) is 17.2 Å². The third kappa shape index (κ3) is 2.92. The topological polar surface area (TPSA) is 57.2 Å².